The average molecular weight is 418 g/mol. The highest BCUT2D eigenvalue weighted by Crippen LogP contribution is 2.40. The van der Waals surface area contributed by atoms with Crippen LogP contribution in [0.1, 0.15) is 75.3 Å². The molecule has 0 saturated carbocycles. The number of unbranched alkanes of at least 4 members (excludes halogenated alkanes) is 2. The molecule has 0 bridgehead atoms. The van der Waals surface area contributed by atoms with Crippen LogP contribution in [-0.4, -0.2) is 28.0 Å². The van der Waals surface area contributed by atoms with Crippen molar-refractivity contribution in [2.45, 2.75) is 64.2 Å². The Morgan fingerprint density at radius 2 is 1.93 bits per heavy atom. The minimum absolute atomic E-state index is 0.0777. The summed E-state index contributed by atoms with van der Waals surface area (Å²) in [6, 6.07) is 8.01. The monoisotopic (exact) mass is 417 g/mol. The molecule has 158 valence electrons. The second kappa shape index (κ2) is 10.1. The Kier molecular flexibility index (Phi) is 7.47. The number of fused-ring (bicyclic) bond motifs is 1. The van der Waals surface area contributed by atoms with E-state index >= 15 is 0 Å². The number of rotatable bonds is 9. The van der Waals surface area contributed by atoms with E-state index in [2.05, 4.69) is 31.2 Å². The molecule has 0 aliphatic carbocycles. The first-order valence-electron chi connectivity index (χ1n) is 10.5. The maximum absolute atomic E-state index is 12.8. The lowest BCUT2D eigenvalue weighted by Gasteiger charge is -2.17. The molecule has 29 heavy (non-hydrogen) atoms. The van der Waals surface area contributed by atoms with Crippen LogP contribution >= 0.6 is 11.8 Å². The Bertz CT molecular complexity index is 872. The molecule has 6 nitrogen and oxygen atoms in total. The molecule has 1 amide bonds. The number of carbonyl (C=O) groups is 1. The molecule has 2 atom stereocenters. The van der Waals surface area contributed by atoms with Crippen molar-refractivity contribution in [1.82, 2.24) is 9.78 Å². The lowest BCUT2D eigenvalue weighted by molar-refractivity contribution is -0.113. The third kappa shape index (κ3) is 5.07. The maximum atomic E-state index is 12.8. The van der Waals surface area contributed by atoms with Crippen molar-refractivity contribution in [3.8, 4) is 5.75 Å². The van der Waals surface area contributed by atoms with Crippen LogP contribution in [0.25, 0.3) is 0 Å². The Hall–Kier alpha value is -2.15. The average Bonchev–Trinajstić information content (AvgIpc) is 2.92. The van der Waals surface area contributed by atoms with Crippen molar-refractivity contribution in [2.24, 2.45) is 0 Å². The van der Waals surface area contributed by atoms with Crippen molar-refractivity contribution in [2.75, 3.05) is 17.7 Å². The van der Waals surface area contributed by atoms with Gasteiger partial charge in [0.05, 0.1) is 23.2 Å². The van der Waals surface area contributed by atoms with Crippen LogP contribution in [0.15, 0.2) is 29.1 Å². The lowest BCUT2D eigenvalue weighted by Crippen LogP contribution is -2.18. The number of hydrogen-bond acceptors (Lipinski definition) is 4. The number of ether oxygens (including phenoxy) is 1. The summed E-state index contributed by atoms with van der Waals surface area (Å²) >= 11 is 1.48. The Labute approximate surface area is 176 Å². The summed E-state index contributed by atoms with van der Waals surface area (Å²) in [5, 5.41) is 5.70. The van der Waals surface area contributed by atoms with Gasteiger partial charge in [-0.3, -0.25) is 19.4 Å². The highest BCUT2D eigenvalue weighted by atomic mass is 32.2. The molecule has 0 radical (unpaired) electrons. The van der Waals surface area contributed by atoms with Gasteiger partial charge in [-0.05, 0) is 37.5 Å². The first-order valence-corrected chi connectivity index (χ1v) is 11.6. The van der Waals surface area contributed by atoms with Crippen LogP contribution in [0.4, 0.5) is 5.82 Å². The number of carbonyl (C=O) groups excluding carboxylic acids is 1. The fraction of sp³-hybridized carbons (Fsp3) is 0.545. The molecule has 2 aromatic rings. The van der Waals surface area contributed by atoms with Crippen LogP contribution in [-0.2, 0) is 4.79 Å². The normalized spacial score (nSPS) is 17.3. The summed E-state index contributed by atoms with van der Waals surface area (Å²) < 4.78 is 7.63. The van der Waals surface area contributed by atoms with E-state index in [1.807, 2.05) is 28.9 Å². The van der Waals surface area contributed by atoms with Crippen LogP contribution in [0, 0.1) is 0 Å². The van der Waals surface area contributed by atoms with Crippen LogP contribution in [0.2, 0.25) is 0 Å². The van der Waals surface area contributed by atoms with E-state index < -0.39 is 0 Å². The quantitative estimate of drug-likeness (QED) is 0.570. The van der Waals surface area contributed by atoms with E-state index in [-0.39, 0.29) is 22.8 Å². The highest BCUT2D eigenvalue weighted by molar-refractivity contribution is 8.00. The van der Waals surface area contributed by atoms with Gasteiger partial charge in [-0.1, -0.05) is 45.2 Å². The number of nitrogens with zero attached hydrogens (tertiary/aromatic N) is 1. The number of H-pyrrole nitrogens is 1. The molecule has 0 fully saturated rings. The van der Waals surface area contributed by atoms with Gasteiger partial charge >= 0.3 is 0 Å². The number of nitrogens with one attached hydrogen (secondary N) is 2. The third-order valence-electron chi connectivity index (χ3n) is 5.21. The molecule has 0 spiro atoms. The molecular formula is C22H31N3O3S. The Balaban J connectivity index is 1.87. The molecule has 2 N–H and O–H groups in total. The maximum Gasteiger partial charge on any atom is 0.270 e. The van der Waals surface area contributed by atoms with Crippen molar-refractivity contribution in [3.63, 3.8) is 0 Å². The number of aromatic amines is 1. The molecule has 1 aliphatic rings. The van der Waals surface area contributed by atoms with Gasteiger partial charge in [-0.2, -0.15) is 0 Å². The van der Waals surface area contributed by atoms with Gasteiger partial charge in [0.15, 0.2) is 0 Å². The minimum Gasteiger partial charge on any atom is -0.494 e. The van der Waals surface area contributed by atoms with E-state index in [9.17, 15) is 9.59 Å². The zero-order valence-electron chi connectivity index (χ0n) is 17.5. The number of hydrogen-bond donors (Lipinski definition) is 2. The van der Waals surface area contributed by atoms with Gasteiger partial charge in [0, 0.05) is 6.04 Å². The predicted molar refractivity (Wildman–Crippen MR) is 119 cm³/mol. The standard InChI is InChI=1S/C22H31N3O3S/c1-4-6-7-13-28-17-11-9-16(10-12-17)20-19-21(23-18(26)14-29-20)25(24-22(19)27)15(3)8-5-2/h9-12,15,20H,4-8,13-14H2,1-3H3,(H,23,26)(H,24,27). The highest BCUT2D eigenvalue weighted by Gasteiger charge is 2.31. The third-order valence-corrected chi connectivity index (χ3v) is 6.48. The summed E-state index contributed by atoms with van der Waals surface area (Å²) in [6.07, 6.45) is 5.31. The molecule has 0 saturated heterocycles. The summed E-state index contributed by atoms with van der Waals surface area (Å²) in [7, 11) is 0. The number of benzene rings is 1. The molecule has 2 unspecified atom stereocenters. The van der Waals surface area contributed by atoms with Gasteiger partial charge in [0.25, 0.3) is 5.56 Å². The number of anilines is 1. The molecule has 1 aromatic carbocycles. The topological polar surface area (TPSA) is 76.1 Å². The van der Waals surface area contributed by atoms with Crippen molar-refractivity contribution in [1.29, 1.82) is 0 Å². The van der Waals surface area contributed by atoms with E-state index in [0.29, 0.717) is 23.7 Å². The summed E-state index contributed by atoms with van der Waals surface area (Å²) in [4.78, 5) is 25.1. The Morgan fingerprint density at radius 1 is 1.17 bits per heavy atom. The minimum atomic E-state index is -0.197. The van der Waals surface area contributed by atoms with Gasteiger partial charge < -0.3 is 10.1 Å². The van der Waals surface area contributed by atoms with E-state index in [0.717, 1.165) is 37.0 Å². The first kappa shape index (κ1) is 21.6. The van der Waals surface area contributed by atoms with Gasteiger partial charge in [0.1, 0.15) is 11.6 Å². The zero-order chi connectivity index (χ0) is 20.8. The molecule has 1 aromatic heterocycles. The summed E-state index contributed by atoms with van der Waals surface area (Å²) in [5.41, 5.74) is 1.49. The molecule has 7 heteroatoms. The number of amides is 1. The van der Waals surface area contributed by atoms with Gasteiger partial charge in [-0.25, -0.2) is 0 Å². The van der Waals surface area contributed by atoms with Crippen LogP contribution < -0.4 is 15.6 Å². The smallest absolute Gasteiger partial charge is 0.270 e. The van der Waals surface area contributed by atoms with E-state index in [1.54, 1.807) is 0 Å². The number of aromatic nitrogens is 2. The predicted octanol–water partition coefficient (Wildman–Crippen LogP) is 4.88. The fourth-order valence-electron chi connectivity index (χ4n) is 3.67. The van der Waals surface area contributed by atoms with E-state index in [4.69, 9.17) is 4.74 Å². The van der Waals surface area contributed by atoms with Crippen molar-refractivity contribution in [3.05, 3.63) is 45.7 Å². The fourth-order valence-corrected chi connectivity index (χ4v) is 4.79. The first-order chi connectivity index (χ1) is 14.0. The largest absolute Gasteiger partial charge is 0.494 e. The zero-order valence-corrected chi connectivity index (χ0v) is 18.3. The van der Waals surface area contributed by atoms with Crippen molar-refractivity contribution < 1.29 is 9.53 Å². The van der Waals surface area contributed by atoms with Crippen molar-refractivity contribution >= 4 is 23.5 Å². The number of thioether (sulfide) groups is 1. The second-order valence-electron chi connectivity index (χ2n) is 7.57. The Morgan fingerprint density at radius 3 is 2.62 bits per heavy atom. The van der Waals surface area contributed by atoms with Gasteiger partial charge in [0.2, 0.25) is 5.91 Å². The lowest BCUT2D eigenvalue weighted by atomic mass is 10.1. The van der Waals surface area contributed by atoms with E-state index in [1.165, 1.54) is 18.2 Å². The summed E-state index contributed by atoms with van der Waals surface area (Å²) in [5.74, 6) is 1.68. The molecular weight excluding hydrogens is 386 g/mol. The summed E-state index contributed by atoms with van der Waals surface area (Å²) in [6.45, 7) is 7.06. The second-order valence-corrected chi connectivity index (χ2v) is 8.67. The molecule has 2 heterocycles. The molecule has 1 aliphatic heterocycles. The van der Waals surface area contributed by atoms with Gasteiger partial charge in [-0.15, -0.1) is 11.8 Å². The molecule has 3 rings (SSSR count). The van der Waals surface area contributed by atoms with Crippen LogP contribution in [0.3, 0.4) is 0 Å². The SMILES string of the molecule is CCCCCOc1ccc(C2SCC(=O)Nc3c2c(=O)[nH]n3C(C)CCC)cc1. The van der Waals surface area contributed by atoms with Crippen LogP contribution in [0.5, 0.6) is 5.75 Å².